The van der Waals surface area contributed by atoms with Crippen molar-refractivity contribution in [1.82, 2.24) is 19.9 Å². The summed E-state index contributed by atoms with van der Waals surface area (Å²) in [7, 11) is 0. The van der Waals surface area contributed by atoms with E-state index in [-0.39, 0.29) is 5.95 Å². The molecule has 0 aliphatic heterocycles. The Labute approximate surface area is 109 Å². The predicted octanol–water partition coefficient (Wildman–Crippen LogP) is 1.74. The number of nitrogens with zero attached hydrogens (tertiary/aromatic N) is 4. The van der Waals surface area contributed by atoms with E-state index in [1.54, 1.807) is 12.4 Å². The molecule has 0 aliphatic carbocycles. The van der Waals surface area contributed by atoms with Gasteiger partial charge in [0.05, 0.1) is 0 Å². The highest BCUT2D eigenvalue weighted by Gasteiger charge is 2.05. The lowest BCUT2D eigenvalue weighted by atomic mass is 10.4. The van der Waals surface area contributed by atoms with Crippen LogP contribution in [0.5, 0.6) is 0 Å². The largest absolute Gasteiger partial charge is 0.370 e. The summed E-state index contributed by atoms with van der Waals surface area (Å²) in [6.45, 7) is 4.72. The molecule has 0 unspecified atom stereocenters. The number of anilines is 2. The zero-order valence-electron chi connectivity index (χ0n) is 10.2. The number of aryl methyl sites for hydroxylation is 1. The van der Waals surface area contributed by atoms with E-state index in [2.05, 4.69) is 25.3 Å². The third-order valence-corrected chi connectivity index (χ3v) is 2.84. The average Bonchev–Trinajstić information content (AvgIpc) is 2.32. The maximum Gasteiger partial charge on any atom is 0.223 e. The summed E-state index contributed by atoms with van der Waals surface area (Å²) >= 11 is 1.36. The van der Waals surface area contributed by atoms with E-state index in [1.807, 2.05) is 19.9 Å². The van der Waals surface area contributed by atoms with Crippen LogP contribution < -0.4 is 11.1 Å². The average molecular weight is 262 g/mol. The fourth-order valence-electron chi connectivity index (χ4n) is 1.29. The Morgan fingerprint density at radius 1 is 1.28 bits per heavy atom. The predicted molar refractivity (Wildman–Crippen MR) is 71.5 cm³/mol. The van der Waals surface area contributed by atoms with Crippen molar-refractivity contribution in [3.05, 3.63) is 24.0 Å². The number of hydrogen-bond acceptors (Lipinski definition) is 7. The van der Waals surface area contributed by atoms with E-state index in [9.17, 15) is 0 Å². The van der Waals surface area contributed by atoms with Crippen LogP contribution in [0.4, 0.5) is 11.8 Å². The molecule has 0 aromatic carbocycles. The Kier molecular flexibility index (Phi) is 3.93. The highest BCUT2D eigenvalue weighted by atomic mass is 32.2. The highest BCUT2D eigenvalue weighted by molar-refractivity contribution is 7.99. The monoisotopic (exact) mass is 262 g/mol. The molecule has 2 aromatic rings. The molecular weight excluding hydrogens is 248 g/mol. The summed E-state index contributed by atoms with van der Waals surface area (Å²) in [4.78, 5) is 16.6. The lowest BCUT2D eigenvalue weighted by molar-refractivity contribution is 0.942. The van der Waals surface area contributed by atoms with Crippen molar-refractivity contribution in [3.8, 4) is 0 Å². The normalized spacial score (nSPS) is 10.3. The van der Waals surface area contributed by atoms with Gasteiger partial charge in [-0.3, -0.25) is 0 Å². The molecule has 6 nitrogen and oxygen atoms in total. The highest BCUT2D eigenvalue weighted by Crippen LogP contribution is 2.24. The van der Waals surface area contributed by atoms with Crippen LogP contribution in [0.1, 0.15) is 12.5 Å². The summed E-state index contributed by atoms with van der Waals surface area (Å²) < 4.78 is 0. The minimum atomic E-state index is 0.239. The zero-order chi connectivity index (χ0) is 13.0. The zero-order valence-corrected chi connectivity index (χ0v) is 11.0. The maximum atomic E-state index is 5.65. The summed E-state index contributed by atoms with van der Waals surface area (Å²) in [6.07, 6.45) is 3.54. The SMILES string of the molecule is CCNc1cc(Sc2ncc(C)cn2)nc(N)n1. The standard InChI is InChI=1S/C11H14N6S/c1-3-13-8-4-9(17-10(12)16-8)18-11-14-5-7(2)6-15-11/h4-6H,3H2,1-2H3,(H3,12,13,16,17). The quantitative estimate of drug-likeness (QED) is 0.640. The van der Waals surface area contributed by atoms with Gasteiger partial charge in [-0.25, -0.2) is 15.0 Å². The van der Waals surface area contributed by atoms with Gasteiger partial charge < -0.3 is 11.1 Å². The lowest BCUT2D eigenvalue weighted by Gasteiger charge is -2.05. The van der Waals surface area contributed by atoms with Gasteiger partial charge in [-0.1, -0.05) is 0 Å². The Hall–Kier alpha value is -1.89. The lowest BCUT2D eigenvalue weighted by Crippen LogP contribution is -2.04. The first-order valence-electron chi connectivity index (χ1n) is 5.52. The van der Waals surface area contributed by atoms with Gasteiger partial charge in [0.25, 0.3) is 0 Å². The van der Waals surface area contributed by atoms with Gasteiger partial charge >= 0.3 is 0 Å². The number of aromatic nitrogens is 4. The van der Waals surface area contributed by atoms with Crippen LogP contribution in [0, 0.1) is 6.92 Å². The third-order valence-electron chi connectivity index (χ3n) is 2.03. The summed E-state index contributed by atoms with van der Waals surface area (Å²) in [6, 6.07) is 1.83. The van der Waals surface area contributed by atoms with Crippen molar-refractivity contribution < 1.29 is 0 Å². The Bertz CT molecular complexity index is 528. The molecule has 7 heteroatoms. The van der Waals surface area contributed by atoms with Crippen LogP contribution >= 0.6 is 11.8 Å². The van der Waals surface area contributed by atoms with Crippen LogP contribution in [0.2, 0.25) is 0 Å². The van der Waals surface area contributed by atoms with Crippen molar-refractivity contribution in [1.29, 1.82) is 0 Å². The number of nitrogen functional groups attached to an aromatic ring is 1. The van der Waals surface area contributed by atoms with E-state index in [1.165, 1.54) is 11.8 Å². The minimum Gasteiger partial charge on any atom is -0.370 e. The second kappa shape index (κ2) is 5.63. The number of nitrogens with one attached hydrogen (secondary N) is 1. The maximum absolute atomic E-state index is 5.65. The molecule has 94 valence electrons. The fourth-order valence-corrected chi connectivity index (χ4v) is 2.00. The van der Waals surface area contributed by atoms with Crippen LogP contribution in [-0.2, 0) is 0 Å². The van der Waals surface area contributed by atoms with Crippen LogP contribution in [0.25, 0.3) is 0 Å². The summed E-state index contributed by atoms with van der Waals surface area (Å²) in [5.41, 5.74) is 6.67. The molecule has 0 atom stereocenters. The van der Waals surface area contributed by atoms with Gasteiger partial charge in [0, 0.05) is 25.0 Å². The molecule has 0 aliphatic rings. The second-order valence-corrected chi connectivity index (χ2v) is 4.61. The van der Waals surface area contributed by atoms with Crippen LogP contribution in [0.3, 0.4) is 0 Å². The molecule has 2 rings (SSSR count). The number of hydrogen-bond donors (Lipinski definition) is 2. The van der Waals surface area contributed by atoms with Crippen molar-refractivity contribution in [2.75, 3.05) is 17.6 Å². The molecule has 0 radical (unpaired) electrons. The van der Waals surface area contributed by atoms with Crippen LogP contribution in [-0.4, -0.2) is 26.5 Å². The van der Waals surface area contributed by atoms with E-state index < -0.39 is 0 Å². The topological polar surface area (TPSA) is 89.6 Å². The summed E-state index contributed by atoms with van der Waals surface area (Å²) in [5, 5.41) is 4.46. The Morgan fingerprint density at radius 2 is 2.00 bits per heavy atom. The van der Waals surface area contributed by atoms with Gasteiger partial charge in [-0.05, 0) is 31.2 Å². The van der Waals surface area contributed by atoms with Gasteiger partial charge in [-0.15, -0.1) is 0 Å². The molecule has 0 spiro atoms. The van der Waals surface area contributed by atoms with Gasteiger partial charge in [0.2, 0.25) is 5.95 Å². The molecule has 0 fully saturated rings. The minimum absolute atomic E-state index is 0.239. The molecule has 0 amide bonds. The molecule has 2 aromatic heterocycles. The van der Waals surface area contributed by atoms with E-state index in [4.69, 9.17) is 5.73 Å². The van der Waals surface area contributed by atoms with Crippen LogP contribution in [0.15, 0.2) is 28.6 Å². The van der Waals surface area contributed by atoms with Gasteiger partial charge in [0.1, 0.15) is 10.8 Å². The first-order valence-corrected chi connectivity index (χ1v) is 6.34. The first-order chi connectivity index (χ1) is 8.67. The molecule has 3 N–H and O–H groups in total. The number of rotatable bonds is 4. The Balaban J connectivity index is 2.20. The van der Waals surface area contributed by atoms with Crippen molar-refractivity contribution in [2.45, 2.75) is 24.0 Å². The van der Waals surface area contributed by atoms with E-state index in [0.717, 1.165) is 17.1 Å². The van der Waals surface area contributed by atoms with E-state index >= 15 is 0 Å². The second-order valence-electron chi connectivity index (χ2n) is 3.63. The first kappa shape index (κ1) is 12.6. The van der Waals surface area contributed by atoms with E-state index in [0.29, 0.717) is 11.0 Å². The Morgan fingerprint density at radius 3 is 2.67 bits per heavy atom. The molecule has 2 heterocycles. The van der Waals surface area contributed by atoms with Crippen molar-refractivity contribution in [2.24, 2.45) is 0 Å². The third kappa shape index (κ3) is 3.30. The molecule has 0 saturated heterocycles. The van der Waals surface area contributed by atoms with Gasteiger partial charge in [-0.2, -0.15) is 4.98 Å². The van der Waals surface area contributed by atoms with Gasteiger partial charge in [0.15, 0.2) is 5.16 Å². The molecule has 0 bridgehead atoms. The fraction of sp³-hybridized carbons (Fsp3) is 0.273. The molecular formula is C11H14N6S. The summed E-state index contributed by atoms with van der Waals surface area (Å²) in [5.74, 6) is 0.947. The van der Waals surface area contributed by atoms with Crippen molar-refractivity contribution >= 4 is 23.5 Å². The van der Waals surface area contributed by atoms with Crippen molar-refractivity contribution in [3.63, 3.8) is 0 Å². The number of nitrogens with two attached hydrogens (primary N) is 1. The smallest absolute Gasteiger partial charge is 0.223 e. The molecule has 0 saturated carbocycles. The molecule has 18 heavy (non-hydrogen) atoms.